The van der Waals surface area contributed by atoms with Gasteiger partial charge < -0.3 is 14.2 Å². The Morgan fingerprint density at radius 1 is 0.253 bits per heavy atom. The van der Waals surface area contributed by atoms with Crippen molar-refractivity contribution < 1.29 is 28.6 Å². The number of carbonyl (C=O) groups is 3. The third-order valence-corrected chi connectivity index (χ3v) is 13.7. The lowest BCUT2D eigenvalue weighted by Gasteiger charge is -2.18. The van der Waals surface area contributed by atoms with Crippen LogP contribution in [0.3, 0.4) is 0 Å². The maximum atomic E-state index is 13.0. The average Bonchev–Trinajstić information content (AvgIpc) is 3.49. The van der Waals surface area contributed by atoms with Crippen LogP contribution in [0.1, 0.15) is 278 Å². The van der Waals surface area contributed by atoms with E-state index in [1.54, 1.807) is 0 Å². The molecule has 6 heteroatoms. The minimum atomic E-state index is -0.817. The molecule has 6 nitrogen and oxygen atoms in total. The van der Waals surface area contributed by atoms with E-state index < -0.39 is 6.10 Å². The predicted octanol–water partition coefficient (Wildman–Crippen LogP) is 23.4. The van der Waals surface area contributed by atoms with Crippen LogP contribution in [0.4, 0.5) is 0 Å². The van der Waals surface area contributed by atoms with E-state index in [-0.39, 0.29) is 37.5 Å². The number of hydrogen-bond acceptors (Lipinski definition) is 6. The first kappa shape index (κ1) is 77.8. The van der Waals surface area contributed by atoms with Crippen LogP contribution in [0.15, 0.2) is 170 Å². The summed E-state index contributed by atoms with van der Waals surface area (Å²) in [4.78, 5) is 38.5. The van der Waals surface area contributed by atoms with E-state index in [2.05, 4.69) is 191 Å². The van der Waals surface area contributed by atoms with E-state index in [1.807, 2.05) is 0 Å². The molecule has 0 aromatic carbocycles. The molecule has 0 radical (unpaired) electrons. The van der Waals surface area contributed by atoms with Crippen molar-refractivity contribution in [2.75, 3.05) is 13.2 Å². The summed E-state index contributed by atoms with van der Waals surface area (Å²) in [6, 6.07) is 0. The molecule has 0 fully saturated rings. The number of ether oxygens (including phenoxy) is 3. The van der Waals surface area contributed by atoms with Crippen molar-refractivity contribution in [1.82, 2.24) is 0 Å². The van der Waals surface area contributed by atoms with E-state index in [0.717, 1.165) is 167 Å². The van der Waals surface area contributed by atoms with Gasteiger partial charge in [0.15, 0.2) is 6.10 Å². The van der Waals surface area contributed by atoms with E-state index >= 15 is 0 Å². The van der Waals surface area contributed by atoms with Crippen molar-refractivity contribution in [2.45, 2.75) is 284 Å². The summed E-state index contributed by atoms with van der Waals surface area (Å²) in [5.74, 6) is -0.963. The SMILES string of the molecule is CC/C=C\C/C=C\C/C=C\C/C=C\C/C=C\C/C=C\CCCCCCC(=O)OCC(COC(=O)CCCCCCCCCCC/C=C\C/C=C\CCCCC)OC(=O)CCCCCC/C=C\C/C=C\C/C=C\C/C=C\C/C=C\C/C=C\CC. The summed E-state index contributed by atoms with van der Waals surface area (Å²) >= 11 is 0. The third kappa shape index (κ3) is 67.4. The second-order valence-electron chi connectivity index (χ2n) is 21.6. The lowest BCUT2D eigenvalue weighted by Crippen LogP contribution is -2.30. The molecule has 0 aromatic rings. The van der Waals surface area contributed by atoms with E-state index in [0.29, 0.717) is 12.8 Å². The molecular formula is C77H122O6. The Balaban J connectivity index is 4.54. The first-order valence-corrected chi connectivity index (χ1v) is 33.6. The zero-order valence-electron chi connectivity index (χ0n) is 53.4. The fourth-order valence-electron chi connectivity index (χ4n) is 8.71. The molecule has 0 spiro atoms. The van der Waals surface area contributed by atoms with Crippen LogP contribution in [0.5, 0.6) is 0 Å². The molecule has 0 aliphatic rings. The van der Waals surface area contributed by atoms with Gasteiger partial charge >= 0.3 is 17.9 Å². The molecule has 0 amide bonds. The fraction of sp³-hybridized carbons (Fsp3) is 0.597. The van der Waals surface area contributed by atoms with Crippen LogP contribution in [-0.2, 0) is 28.6 Å². The molecule has 0 heterocycles. The highest BCUT2D eigenvalue weighted by atomic mass is 16.6. The van der Waals surface area contributed by atoms with Gasteiger partial charge in [-0.15, -0.1) is 0 Å². The van der Waals surface area contributed by atoms with Crippen LogP contribution in [0.2, 0.25) is 0 Å². The van der Waals surface area contributed by atoms with Crippen molar-refractivity contribution in [3.63, 3.8) is 0 Å². The van der Waals surface area contributed by atoms with Crippen LogP contribution in [0, 0.1) is 0 Å². The van der Waals surface area contributed by atoms with Gasteiger partial charge in [0.05, 0.1) is 0 Å². The van der Waals surface area contributed by atoms with Crippen LogP contribution in [0.25, 0.3) is 0 Å². The lowest BCUT2D eigenvalue weighted by atomic mass is 10.1. The number of unbranched alkanes of at least 4 members (excludes halogenated alkanes) is 20. The number of carbonyl (C=O) groups excluding carboxylic acids is 3. The molecule has 466 valence electrons. The maximum Gasteiger partial charge on any atom is 0.306 e. The van der Waals surface area contributed by atoms with Crippen molar-refractivity contribution in [1.29, 1.82) is 0 Å². The summed E-state index contributed by atoms with van der Waals surface area (Å²) in [5.41, 5.74) is 0. The highest BCUT2D eigenvalue weighted by Crippen LogP contribution is 2.14. The Morgan fingerprint density at radius 3 is 0.735 bits per heavy atom. The van der Waals surface area contributed by atoms with Crippen LogP contribution >= 0.6 is 0 Å². The van der Waals surface area contributed by atoms with Gasteiger partial charge in [0.25, 0.3) is 0 Å². The minimum Gasteiger partial charge on any atom is -0.462 e. The molecule has 1 unspecified atom stereocenters. The van der Waals surface area contributed by atoms with Gasteiger partial charge in [-0.25, -0.2) is 0 Å². The van der Waals surface area contributed by atoms with Gasteiger partial charge in [-0.1, -0.05) is 274 Å². The lowest BCUT2D eigenvalue weighted by molar-refractivity contribution is -0.167. The monoisotopic (exact) mass is 1140 g/mol. The Labute approximate surface area is 511 Å². The summed E-state index contributed by atoms with van der Waals surface area (Å²) in [6.45, 7) is 6.35. The quantitative estimate of drug-likeness (QED) is 0.0261. The number of hydrogen-bond donors (Lipinski definition) is 0. The topological polar surface area (TPSA) is 78.9 Å². The van der Waals surface area contributed by atoms with Crippen molar-refractivity contribution >= 4 is 17.9 Å². The highest BCUT2D eigenvalue weighted by molar-refractivity contribution is 5.71. The van der Waals surface area contributed by atoms with Gasteiger partial charge in [0, 0.05) is 19.3 Å². The second kappa shape index (κ2) is 69.3. The summed E-state index contributed by atoms with van der Waals surface area (Å²) in [5, 5.41) is 0. The summed E-state index contributed by atoms with van der Waals surface area (Å²) in [6.07, 6.45) is 102. The van der Waals surface area contributed by atoms with E-state index in [1.165, 1.54) is 70.6 Å². The summed E-state index contributed by atoms with van der Waals surface area (Å²) < 4.78 is 16.9. The zero-order valence-corrected chi connectivity index (χ0v) is 53.4. The van der Waals surface area contributed by atoms with Gasteiger partial charge in [0.1, 0.15) is 13.2 Å². The smallest absolute Gasteiger partial charge is 0.306 e. The Morgan fingerprint density at radius 2 is 0.470 bits per heavy atom. The maximum absolute atomic E-state index is 13.0. The highest BCUT2D eigenvalue weighted by Gasteiger charge is 2.19. The Kier molecular flexibility index (Phi) is 64.9. The average molecular weight is 1140 g/mol. The molecule has 0 rings (SSSR count). The van der Waals surface area contributed by atoms with E-state index in [9.17, 15) is 14.4 Å². The normalized spacial score (nSPS) is 13.2. The van der Waals surface area contributed by atoms with Gasteiger partial charge in [0.2, 0.25) is 0 Å². The first-order chi connectivity index (χ1) is 41.0. The summed E-state index contributed by atoms with van der Waals surface area (Å²) in [7, 11) is 0. The predicted molar refractivity (Wildman–Crippen MR) is 361 cm³/mol. The molecule has 0 aliphatic carbocycles. The number of esters is 3. The van der Waals surface area contributed by atoms with Crippen molar-refractivity contribution in [2.24, 2.45) is 0 Å². The molecule has 0 aliphatic heterocycles. The molecule has 0 bridgehead atoms. The number of rotatable bonds is 59. The number of allylic oxidation sites excluding steroid dienone is 28. The minimum absolute atomic E-state index is 0.107. The second-order valence-corrected chi connectivity index (χ2v) is 21.6. The standard InChI is InChI=1S/C77H122O6/c1-4-7-10-13-16-19-22-25-28-31-34-36-38-40-43-46-49-52-55-58-61-64-67-70-76(79)82-73-74(72-81-75(78)69-66-63-60-57-54-51-48-45-42-33-30-27-24-21-18-15-12-9-6-3)83-77(80)71-68-65-62-59-56-53-50-47-44-41-39-37-35-32-29-26-23-20-17-14-11-8-5-2/h7-8,10-11,16-21,25-30,34-37,40-41,43-44,49-50,52-53,74H,4-6,9,12-15,22-24,31-33,38-39,42,45-48,51,54-73H2,1-3H3/b10-7-,11-8-,19-16-,20-17-,21-18-,28-25-,29-26-,30-27-,36-34-,37-35-,43-40-,44-41-,52-49-,53-50-. The van der Waals surface area contributed by atoms with Crippen LogP contribution in [-0.4, -0.2) is 37.2 Å². The van der Waals surface area contributed by atoms with Crippen molar-refractivity contribution in [3.8, 4) is 0 Å². The molecule has 83 heavy (non-hydrogen) atoms. The first-order valence-electron chi connectivity index (χ1n) is 33.6. The molecule has 0 saturated carbocycles. The third-order valence-electron chi connectivity index (χ3n) is 13.7. The molecule has 0 N–H and O–H groups in total. The molecule has 0 saturated heterocycles. The molecule has 1 atom stereocenters. The van der Waals surface area contributed by atoms with Crippen molar-refractivity contribution in [3.05, 3.63) is 170 Å². The largest absolute Gasteiger partial charge is 0.462 e. The van der Waals surface area contributed by atoms with Crippen LogP contribution < -0.4 is 0 Å². The fourth-order valence-corrected chi connectivity index (χ4v) is 8.71. The Bertz CT molecular complexity index is 1890. The van der Waals surface area contributed by atoms with Gasteiger partial charge in [-0.05, 0) is 154 Å². The molecule has 0 aromatic heterocycles. The van der Waals surface area contributed by atoms with Gasteiger partial charge in [-0.2, -0.15) is 0 Å². The zero-order chi connectivity index (χ0) is 59.9. The van der Waals surface area contributed by atoms with E-state index in [4.69, 9.17) is 14.2 Å². The van der Waals surface area contributed by atoms with Gasteiger partial charge in [-0.3, -0.25) is 14.4 Å². The Hall–Kier alpha value is -5.23. The molecular weight excluding hydrogens is 1020 g/mol.